The highest BCUT2D eigenvalue weighted by atomic mass is 79.9. The molecule has 3 nitrogen and oxygen atoms in total. The Hall–Kier alpha value is -0.650. The molecule has 1 saturated heterocycles. The molecular weight excluding hydrogens is 349 g/mol. The maximum absolute atomic E-state index is 13.2. The fourth-order valence-electron chi connectivity index (χ4n) is 2.34. The van der Waals surface area contributed by atoms with Gasteiger partial charge in [0.1, 0.15) is 5.82 Å². The van der Waals surface area contributed by atoms with E-state index >= 15 is 0 Å². The van der Waals surface area contributed by atoms with Crippen molar-refractivity contribution >= 4 is 33.4 Å². The van der Waals surface area contributed by atoms with Gasteiger partial charge < -0.3 is 9.64 Å². The molecule has 1 fully saturated rings. The van der Waals surface area contributed by atoms with Crippen molar-refractivity contribution in [3.8, 4) is 0 Å². The number of ether oxygens (including phenoxy) is 1. The first-order chi connectivity index (χ1) is 9.32. The van der Waals surface area contributed by atoms with Crippen LogP contribution in [0.3, 0.4) is 0 Å². The number of nitrogens with zero attached hydrogens (tertiary/aromatic N) is 1. The first-order valence-electron chi connectivity index (χ1n) is 6.30. The number of benzene rings is 1. The van der Waals surface area contributed by atoms with Gasteiger partial charge in [-0.15, -0.1) is 0 Å². The Bertz CT molecular complexity index is 524. The van der Waals surface area contributed by atoms with Crippen LogP contribution >= 0.6 is 27.5 Å². The van der Waals surface area contributed by atoms with E-state index in [4.69, 9.17) is 16.3 Å². The monoisotopic (exact) mass is 363 g/mol. The molecule has 1 unspecified atom stereocenters. The fourth-order valence-corrected chi connectivity index (χ4v) is 2.86. The molecule has 0 radical (unpaired) electrons. The van der Waals surface area contributed by atoms with Crippen molar-refractivity contribution in [1.82, 2.24) is 4.90 Å². The van der Waals surface area contributed by atoms with Crippen LogP contribution in [0.15, 0.2) is 18.2 Å². The van der Waals surface area contributed by atoms with Crippen LogP contribution in [0.5, 0.6) is 0 Å². The molecule has 20 heavy (non-hydrogen) atoms. The van der Waals surface area contributed by atoms with Crippen LogP contribution in [-0.2, 0) is 4.74 Å². The molecule has 1 heterocycles. The average molecular weight is 365 g/mol. The average Bonchev–Trinajstić information content (AvgIpc) is 2.39. The lowest BCUT2D eigenvalue weighted by molar-refractivity contribution is -0.116. The van der Waals surface area contributed by atoms with Gasteiger partial charge in [-0.05, 0) is 32.0 Å². The van der Waals surface area contributed by atoms with Gasteiger partial charge in [-0.25, -0.2) is 4.39 Å². The van der Waals surface area contributed by atoms with E-state index < -0.39 is 11.4 Å². The SMILES string of the molecule is CC1(C)CN(C(=O)c2ccc(F)c(Cl)c2)CC(CBr)O1. The van der Waals surface area contributed by atoms with Gasteiger partial charge in [-0.1, -0.05) is 27.5 Å². The molecule has 0 aliphatic carbocycles. The Morgan fingerprint density at radius 2 is 2.30 bits per heavy atom. The minimum absolute atomic E-state index is 0.0413. The highest BCUT2D eigenvalue weighted by Gasteiger charge is 2.35. The van der Waals surface area contributed by atoms with Crippen LogP contribution in [0.2, 0.25) is 5.02 Å². The molecule has 0 spiro atoms. The molecule has 6 heteroatoms. The van der Waals surface area contributed by atoms with Crippen molar-refractivity contribution in [2.45, 2.75) is 25.6 Å². The number of halogens is 3. The van der Waals surface area contributed by atoms with Gasteiger partial charge in [0.05, 0.1) is 16.7 Å². The molecule has 0 N–H and O–H groups in total. The Balaban J connectivity index is 2.21. The molecule has 0 bridgehead atoms. The van der Waals surface area contributed by atoms with Gasteiger partial charge in [-0.3, -0.25) is 4.79 Å². The largest absolute Gasteiger partial charge is 0.368 e. The molecule has 110 valence electrons. The third kappa shape index (κ3) is 3.51. The van der Waals surface area contributed by atoms with Crippen molar-refractivity contribution in [3.05, 3.63) is 34.6 Å². The summed E-state index contributed by atoms with van der Waals surface area (Å²) >= 11 is 9.11. The van der Waals surface area contributed by atoms with E-state index in [9.17, 15) is 9.18 Å². The number of alkyl halides is 1. The quantitative estimate of drug-likeness (QED) is 0.752. The topological polar surface area (TPSA) is 29.5 Å². The molecule has 2 rings (SSSR count). The zero-order valence-electron chi connectivity index (χ0n) is 11.3. The first kappa shape index (κ1) is 15.7. The smallest absolute Gasteiger partial charge is 0.254 e. The van der Waals surface area contributed by atoms with Gasteiger partial charge in [-0.2, -0.15) is 0 Å². The van der Waals surface area contributed by atoms with Gasteiger partial charge in [0.25, 0.3) is 5.91 Å². The van der Waals surface area contributed by atoms with Gasteiger partial charge in [0.15, 0.2) is 0 Å². The molecule has 0 aromatic heterocycles. The third-order valence-electron chi connectivity index (χ3n) is 3.11. The summed E-state index contributed by atoms with van der Waals surface area (Å²) in [6.45, 7) is 4.88. The zero-order chi connectivity index (χ0) is 14.9. The van der Waals surface area contributed by atoms with E-state index in [2.05, 4.69) is 15.9 Å². The standard InChI is InChI=1S/C14H16BrClFNO2/c1-14(2)8-18(7-10(6-15)20-14)13(19)9-3-4-12(17)11(16)5-9/h3-5,10H,6-8H2,1-2H3. The van der Waals surface area contributed by atoms with Crippen molar-refractivity contribution < 1.29 is 13.9 Å². The Kier molecular flexibility index (Phi) is 4.72. The van der Waals surface area contributed by atoms with E-state index in [1.165, 1.54) is 18.2 Å². The summed E-state index contributed by atoms with van der Waals surface area (Å²) < 4.78 is 19.0. The van der Waals surface area contributed by atoms with Crippen LogP contribution in [0.25, 0.3) is 0 Å². The molecule has 1 aromatic rings. The third-order valence-corrected chi connectivity index (χ3v) is 4.12. The Morgan fingerprint density at radius 1 is 1.60 bits per heavy atom. The number of hydrogen-bond donors (Lipinski definition) is 0. The van der Waals surface area contributed by atoms with Crippen molar-refractivity contribution in [1.29, 1.82) is 0 Å². The number of carbonyl (C=O) groups is 1. The fraction of sp³-hybridized carbons (Fsp3) is 0.500. The summed E-state index contributed by atoms with van der Waals surface area (Å²) in [5.74, 6) is -0.682. The number of hydrogen-bond acceptors (Lipinski definition) is 2. The Labute approximate surface area is 131 Å². The summed E-state index contributed by atoms with van der Waals surface area (Å²) in [7, 11) is 0. The number of rotatable bonds is 2. The van der Waals surface area contributed by atoms with E-state index in [0.29, 0.717) is 24.0 Å². The maximum atomic E-state index is 13.2. The second kappa shape index (κ2) is 6.00. The Morgan fingerprint density at radius 3 is 2.90 bits per heavy atom. The summed E-state index contributed by atoms with van der Waals surface area (Å²) in [5, 5.41) is 0.616. The van der Waals surface area contributed by atoms with E-state index in [1.54, 1.807) is 4.90 Å². The van der Waals surface area contributed by atoms with Crippen LogP contribution < -0.4 is 0 Å². The minimum Gasteiger partial charge on any atom is -0.368 e. The summed E-state index contributed by atoms with van der Waals surface area (Å²) in [6, 6.07) is 4.03. The predicted molar refractivity (Wildman–Crippen MR) is 80.1 cm³/mol. The first-order valence-corrected chi connectivity index (χ1v) is 7.80. The predicted octanol–water partition coefficient (Wildman–Crippen LogP) is 3.49. The highest BCUT2D eigenvalue weighted by Crippen LogP contribution is 2.24. The second-order valence-electron chi connectivity index (χ2n) is 5.47. The van der Waals surface area contributed by atoms with Crippen LogP contribution in [0, 0.1) is 5.82 Å². The van der Waals surface area contributed by atoms with Crippen molar-refractivity contribution in [2.75, 3.05) is 18.4 Å². The van der Waals surface area contributed by atoms with Gasteiger partial charge >= 0.3 is 0 Å². The lowest BCUT2D eigenvalue weighted by Gasteiger charge is -2.42. The van der Waals surface area contributed by atoms with E-state index in [1.807, 2.05) is 13.8 Å². The van der Waals surface area contributed by atoms with Gasteiger partial charge in [0.2, 0.25) is 0 Å². The highest BCUT2D eigenvalue weighted by molar-refractivity contribution is 9.09. The van der Waals surface area contributed by atoms with Crippen LogP contribution in [-0.4, -0.2) is 40.9 Å². The zero-order valence-corrected chi connectivity index (χ0v) is 13.7. The number of carbonyl (C=O) groups excluding carboxylic acids is 1. The molecule has 1 aromatic carbocycles. The maximum Gasteiger partial charge on any atom is 0.254 e. The van der Waals surface area contributed by atoms with Crippen LogP contribution in [0.4, 0.5) is 4.39 Å². The van der Waals surface area contributed by atoms with Crippen molar-refractivity contribution in [2.24, 2.45) is 0 Å². The normalized spacial score (nSPS) is 21.9. The lowest BCUT2D eigenvalue weighted by Crippen LogP contribution is -2.55. The van der Waals surface area contributed by atoms with Gasteiger partial charge in [0, 0.05) is 24.0 Å². The minimum atomic E-state index is -0.524. The number of amides is 1. The molecule has 1 aliphatic rings. The molecule has 0 saturated carbocycles. The van der Waals surface area contributed by atoms with E-state index in [0.717, 1.165) is 0 Å². The lowest BCUT2D eigenvalue weighted by atomic mass is 10.0. The molecule has 1 amide bonds. The molecule has 1 aliphatic heterocycles. The summed E-state index contributed by atoms with van der Waals surface area (Å²) in [4.78, 5) is 14.2. The summed E-state index contributed by atoms with van der Waals surface area (Å²) in [6.07, 6.45) is -0.0568. The second-order valence-corrected chi connectivity index (χ2v) is 6.52. The van der Waals surface area contributed by atoms with E-state index in [-0.39, 0.29) is 17.0 Å². The van der Waals surface area contributed by atoms with Crippen molar-refractivity contribution in [3.63, 3.8) is 0 Å². The summed E-state index contributed by atoms with van der Waals surface area (Å²) in [5.41, 5.74) is -0.0154. The number of morpholine rings is 1. The van der Waals surface area contributed by atoms with Crippen LogP contribution in [0.1, 0.15) is 24.2 Å². The molecule has 1 atom stereocenters. The molecular formula is C14H16BrClFNO2.